The van der Waals surface area contributed by atoms with Crippen molar-refractivity contribution in [1.29, 1.82) is 0 Å². The zero-order chi connectivity index (χ0) is 22.5. The molecular weight excluding hydrogens is 417 g/mol. The SMILES string of the molecule is O=C1Cc2c([nH]c3ccc(C(F)(F)F)cc23)-c2cc(C#CC3(O)CCCCC3)ccc2N1. The molecule has 0 unspecified atom stereocenters. The minimum atomic E-state index is -4.47. The fourth-order valence-electron chi connectivity index (χ4n) is 4.58. The van der Waals surface area contributed by atoms with Gasteiger partial charge in [-0.1, -0.05) is 18.3 Å². The molecule has 2 aromatic carbocycles. The molecule has 0 spiro atoms. The first-order valence-corrected chi connectivity index (χ1v) is 10.6. The maximum atomic E-state index is 13.2. The Balaban J connectivity index is 1.62. The third kappa shape index (κ3) is 3.76. The van der Waals surface area contributed by atoms with Crippen molar-refractivity contribution in [3.05, 3.63) is 53.1 Å². The van der Waals surface area contributed by atoms with E-state index in [1.165, 1.54) is 6.07 Å². The van der Waals surface area contributed by atoms with Crippen molar-refractivity contribution in [2.75, 3.05) is 5.32 Å². The van der Waals surface area contributed by atoms with Crippen LogP contribution < -0.4 is 5.32 Å². The molecule has 1 aliphatic carbocycles. The first-order valence-electron chi connectivity index (χ1n) is 10.6. The van der Waals surface area contributed by atoms with Gasteiger partial charge in [0, 0.05) is 22.0 Å². The highest BCUT2D eigenvalue weighted by molar-refractivity contribution is 6.05. The quantitative estimate of drug-likeness (QED) is 0.412. The first kappa shape index (κ1) is 20.7. The molecule has 0 atom stereocenters. The van der Waals surface area contributed by atoms with Crippen molar-refractivity contribution in [3.63, 3.8) is 0 Å². The van der Waals surface area contributed by atoms with Gasteiger partial charge >= 0.3 is 6.18 Å². The van der Waals surface area contributed by atoms with Crippen molar-refractivity contribution in [2.24, 2.45) is 0 Å². The molecule has 2 heterocycles. The zero-order valence-electron chi connectivity index (χ0n) is 17.2. The maximum absolute atomic E-state index is 13.2. The summed E-state index contributed by atoms with van der Waals surface area (Å²) in [5.41, 5.74) is 1.83. The molecule has 1 aromatic heterocycles. The molecule has 0 radical (unpaired) electrons. The monoisotopic (exact) mass is 438 g/mol. The molecule has 32 heavy (non-hydrogen) atoms. The van der Waals surface area contributed by atoms with E-state index in [2.05, 4.69) is 22.1 Å². The summed E-state index contributed by atoms with van der Waals surface area (Å²) in [6.45, 7) is 0. The summed E-state index contributed by atoms with van der Waals surface area (Å²) in [7, 11) is 0. The summed E-state index contributed by atoms with van der Waals surface area (Å²) in [6, 6.07) is 8.83. The molecule has 5 rings (SSSR count). The first-order chi connectivity index (χ1) is 15.2. The van der Waals surface area contributed by atoms with Gasteiger partial charge in [-0.25, -0.2) is 0 Å². The van der Waals surface area contributed by atoms with E-state index < -0.39 is 17.3 Å². The number of rotatable bonds is 0. The van der Waals surface area contributed by atoms with Gasteiger partial charge in [-0.05, 0) is 67.6 Å². The van der Waals surface area contributed by atoms with E-state index in [9.17, 15) is 23.1 Å². The molecule has 3 aromatic rings. The summed E-state index contributed by atoms with van der Waals surface area (Å²) in [5.74, 6) is 5.77. The van der Waals surface area contributed by atoms with Gasteiger partial charge in [0.05, 0.1) is 23.4 Å². The highest BCUT2D eigenvalue weighted by Gasteiger charge is 2.32. The topological polar surface area (TPSA) is 65.1 Å². The molecule has 1 amide bonds. The third-order valence-corrected chi connectivity index (χ3v) is 6.25. The Morgan fingerprint density at radius 1 is 1.03 bits per heavy atom. The van der Waals surface area contributed by atoms with Gasteiger partial charge in [0.15, 0.2) is 0 Å². The van der Waals surface area contributed by atoms with E-state index in [1.54, 1.807) is 18.2 Å². The Labute approximate surface area is 182 Å². The Kier molecular flexibility index (Phi) is 4.79. The van der Waals surface area contributed by atoms with Gasteiger partial charge in [-0.15, -0.1) is 0 Å². The summed E-state index contributed by atoms with van der Waals surface area (Å²) >= 11 is 0. The fourth-order valence-corrected chi connectivity index (χ4v) is 4.58. The lowest BCUT2D eigenvalue weighted by atomic mass is 9.85. The van der Waals surface area contributed by atoms with Crippen LogP contribution in [0.4, 0.5) is 18.9 Å². The number of carbonyl (C=O) groups excluding carboxylic acids is 1. The van der Waals surface area contributed by atoms with E-state index in [1.807, 2.05) is 0 Å². The molecule has 3 N–H and O–H groups in total. The number of fused-ring (bicyclic) bond motifs is 5. The van der Waals surface area contributed by atoms with Gasteiger partial charge in [0.25, 0.3) is 0 Å². The molecule has 0 saturated heterocycles. The molecular formula is C25H21F3N2O2. The number of aromatic amines is 1. The van der Waals surface area contributed by atoms with Crippen LogP contribution in [0.1, 0.15) is 48.8 Å². The lowest BCUT2D eigenvalue weighted by molar-refractivity contribution is -0.137. The Hall–Kier alpha value is -3.24. The van der Waals surface area contributed by atoms with Crippen LogP contribution >= 0.6 is 0 Å². The molecule has 0 bridgehead atoms. The van der Waals surface area contributed by atoms with E-state index in [4.69, 9.17) is 0 Å². The summed E-state index contributed by atoms with van der Waals surface area (Å²) in [4.78, 5) is 15.7. The van der Waals surface area contributed by atoms with E-state index in [0.717, 1.165) is 31.4 Å². The normalized spacial score (nSPS) is 17.6. The second-order valence-corrected chi connectivity index (χ2v) is 8.56. The summed E-state index contributed by atoms with van der Waals surface area (Å²) < 4.78 is 39.7. The van der Waals surface area contributed by atoms with E-state index >= 15 is 0 Å². The number of anilines is 1. The average molecular weight is 438 g/mol. The van der Waals surface area contributed by atoms with Gasteiger partial charge in [-0.2, -0.15) is 13.2 Å². The number of halogens is 3. The van der Waals surface area contributed by atoms with Crippen LogP contribution in [0.5, 0.6) is 0 Å². The number of hydrogen-bond donors (Lipinski definition) is 3. The van der Waals surface area contributed by atoms with E-state index in [-0.39, 0.29) is 12.3 Å². The number of aliphatic hydroxyl groups is 1. The van der Waals surface area contributed by atoms with Crippen LogP contribution in [-0.2, 0) is 17.4 Å². The second kappa shape index (κ2) is 7.42. The molecule has 7 heteroatoms. The molecule has 1 aliphatic heterocycles. The Bertz CT molecular complexity index is 1290. The van der Waals surface area contributed by atoms with Crippen LogP contribution in [0, 0.1) is 11.8 Å². The largest absolute Gasteiger partial charge is 0.416 e. The Morgan fingerprint density at radius 3 is 2.56 bits per heavy atom. The van der Waals surface area contributed by atoms with Gasteiger partial charge in [-0.3, -0.25) is 4.79 Å². The van der Waals surface area contributed by atoms with Crippen molar-refractivity contribution < 1.29 is 23.1 Å². The zero-order valence-corrected chi connectivity index (χ0v) is 17.2. The maximum Gasteiger partial charge on any atom is 0.416 e. The summed E-state index contributed by atoms with van der Waals surface area (Å²) in [6.07, 6.45) is -0.220. The lowest BCUT2D eigenvalue weighted by Crippen LogP contribution is -2.29. The van der Waals surface area contributed by atoms with Gasteiger partial charge < -0.3 is 15.4 Å². The van der Waals surface area contributed by atoms with Gasteiger partial charge in [0.1, 0.15) is 5.60 Å². The van der Waals surface area contributed by atoms with Crippen LogP contribution in [0.15, 0.2) is 36.4 Å². The second-order valence-electron chi connectivity index (χ2n) is 8.56. The standard InChI is InChI=1S/C25H21F3N2O2/c26-25(27,28)16-5-7-20-17(13-16)18-14-22(31)29-21-6-4-15(12-19(21)23(18)30-20)8-11-24(32)9-2-1-3-10-24/h4-7,12-13,30,32H,1-3,9-10,14H2,(H,29,31). The highest BCUT2D eigenvalue weighted by Crippen LogP contribution is 2.40. The minimum absolute atomic E-state index is 0.0356. The Morgan fingerprint density at radius 2 is 1.81 bits per heavy atom. The third-order valence-electron chi connectivity index (χ3n) is 6.25. The van der Waals surface area contributed by atoms with Crippen molar-refractivity contribution in [2.45, 2.75) is 50.3 Å². The number of H-pyrrole nitrogens is 1. The number of carbonyl (C=O) groups is 1. The van der Waals surface area contributed by atoms with Crippen LogP contribution in [0.2, 0.25) is 0 Å². The number of alkyl halides is 3. The predicted octanol–water partition coefficient (Wildman–Crippen LogP) is 5.40. The predicted molar refractivity (Wildman–Crippen MR) is 116 cm³/mol. The average Bonchev–Trinajstić information content (AvgIpc) is 3.03. The van der Waals surface area contributed by atoms with E-state index in [0.29, 0.717) is 51.8 Å². The number of amides is 1. The highest BCUT2D eigenvalue weighted by atomic mass is 19.4. The number of aromatic nitrogens is 1. The smallest absolute Gasteiger partial charge is 0.378 e. The van der Waals surface area contributed by atoms with Crippen LogP contribution in [-0.4, -0.2) is 21.6 Å². The molecule has 164 valence electrons. The van der Waals surface area contributed by atoms with Crippen molar-refractivity contribution in [3.8, 4) is 23.1 Å². The fraction of sp³-hybridized carbons (Fsp3) is 0.320. The van der Waals surface area contributed by atoms with Crippen LogP contribution in [0.3, 0.4) is 0 Å². The van der Waals surface area contributed by atoms with Crippen molar-refractivity contribution in [1.82, 2.24) is 4.98 Å². The van der Waals surface area contributed by atoms with Gasteiger partial charge in [0.2, 0.25) is 5.91 Å². The number of benzene rings is 2. The molecule has 4 nitrogen and oxygen atoms in total. The summed E-state index contributed by atoms with van der Waals surface area (Å²) in [5, 5.41) is 13.9. The number of hydrogen-bond acceptors (Lipinski definition) is 2. The van der Waals surface area contributed by atoms with Crippen molar-refractivity contribution >= 4 is 22.5 Å². The molecule has 1 saturated carbocycles. The molecule has 2 aliphatic rings. The number of nitrogens with one attached hydrogen (secondary N) is 2. The lowest BCUT2D eigenvalue weighted by Gasteiger charge is -2.26. The minimum Gasteiger partial charge on any atom is -0.378 e. The van der Waals surface area contributed by atoms with Crippen LogP contribution in [0.25, 0.3) is 22.2 Å². The molecule has 1 fully saturated rings.